The molecule has 0 spiro atoms. The van der Waals surface area contributed by atoms with Gasteiger partial charge < -0.3 is 34.2 Å². The van der Waals surface area contributed by atoms with Crippen LogP contribution < -0.4 is 0 Å². The van der Waals surface area contributed by atoms with E-state index >= 15 is 0 Å². The molecule has 5 atom stereocenters. The Labute approximate surface area is 636 Å². The van der Waals surface area contributed by atoms with Crippen molar-refractivity contribution in [1.82, 2.24) is 0 Å². The molecule has 18 heteroatoms. The Hall–Kier alpha value is -5.35. The molecule has 0 aromatic heterocycles. The third-order valence-corrected chi connectivity index (χ3v) is 18.0. The minimum absolute atomic E-state index is 0.0305. The maximum atomic E-state index is 13.0. The number of unbranched alkanes of at least 4 members (excludes halogenated alkanes) is 21. The van der Waals surface area contributed by atoms with Crippen LogP contribution in [0.4, 0.5) is 0 Å². The van der Waals surface area contributed by atoms with Crippen LogP contribution in [0.1, 0.15) is 290 Å². The molecule has 0 fully saturated rings. The zero-order valence-corrected chi connectivity index (χ0v) is 66.9. The van der Waals surface area contributed by atoms with Crippen LogP contribution in [0.25, 0.3) is 0 Å². The van der Waals surface area contributed by atoms with Crippen molar-refractivity contribution in [3.63, 3.8) is 0 Å². The molecule has 0 saturated carbocycles. The first kappa shape index (κ1) is 99.7. The Bertz CT molecular complexity index is 2640. The molecule has 0 saturated heterocycles. The summed E-state index contributed by atoms with van der Waals surface area (Å²) in [4.78, 5) is 58.7. The van der Waals surface area contributed by atoms with Crippen LogP contribution in [0.5, 0.6) is 0 Å². The number of rotatable bonds is 74. The summed E-state index contributed by atoms with van der Waals surface area (Å²) in [6.07, 6.45) is 101. The van der Waals surface area contributed by atoms with E-state index in [9.17, 15) is 43.5 Å². The van der Waals surface area contributed by atoms with E-state index in [1.807, 2.05) is 18.2 Å². The Kier molecular flexibility index (Phi) is 74.3. The first-order chi connectivity index (χ1) is 51.2. The lowest BCUT2D eigenvalue weighted by Gasteiger charge is -2.21. The summed E-state index contributed by atoms with van der Waals surface area (Å²) in [5.41, 5.74) is 0. The van der Waals surface area contributed by atoms with Crippen molar-refractivity contribution in [1.29, 1.82) is 0 Å². The molecule has 0 aliphatic rings. The van der Waals surface area contributed by atoms with Crippen LogP contribution >= 0.6 is 15.6 Å². The van der Waals surface area contributed by atoms with Crippen molar-refractivity contribution < 1.29 is 75.8 Å². The summed E-state index contributed by atoms with van der Waals surface area (Å²) < 4.78 is 61.1. The van der Waals surface area contributed by atoms with Gasteiger partial charge in [0.15, 0.2) is 6.10 Å². The molecule has 16 nitrogen and oxygen atoms in total. The van der Waals surface area contributed by atoms with Gasteiger partial charge in [-0.1, -0.05) is 306 Å². The highest BCUT2D eigenvalue weighted by atomic mass is 31.2. The average Bonchev–Trinajstić information content (AvgIpc) is 0.916. The number of carbonyl (C=O) groups excluding carboxylic acids is 3. The fourth-order valence-corrected chi connectivity index (χ4v) is 11.7. The molecule has 0 radical (unpaired) electrons. The third kappa shape index (κ3) is 79.5. The molecule has 0 aromatic rings. The number of hydrogen-bond acceptors (Lipinski definition) is 14. The van der Waals surface area contributed by atoms with Gasteiger partial charge in [0.2, 0.25) is 0 Å². The molecular weight excluding hydrogens is 1360 g/mol. The van der Waals surface area contributed by atoms with Gasteiger partial charge >= 0.3 is 33.6 Å². The van der Waals surface area contributed by atoms with Gasteiger partial charge in [-0.3, -0.25) is 32.5 Å². The van der Waals surface area contributed by atoms with Crippen LogP contribution in [0.2, 0.25) is 0 Å². The first-order valence-corrected chi connectivity index (χ1v) is 43.1. The zero-order chi connectivity index (χ0) is 76.6. The van der Waals surface area contributed by atoms with Gasteiger partial charge in [-0.2, -0.15) is 0 Å². The number of ether oxygens (including phenoxy) is 3. The summed E-state index contributed by atoms with van der Waals surface area (Å²) in [7, 11) is -9.84. The Morgan fingerprint density at radius 1 is 0.276 bits per heavy atom. The Morgan fingerprint density at radius 2 is 0.524 bits per heavy atom. The van der Waals surface area contributed by atoms with Crippen LogP contribution in [0.15, 0.2) is 182 Å². The van der Waals surface area contributed by atoms with Gasteiger partial charge in [0.1, 0.15) is 25.4 Å². The van der Waals surface area contributed by atoms with Crippen molar-refractivity contribution >= 4 is 33.6 Å². The van der Waals surface area contributed by atoms with Crippen molar-refractivity contribution in [2.75, 3.05) is 39.6 Å². The fraction of sp³-hybridized carbons (Fsp3) is 0.621. The Balaban J connectivity index is 4.71. The second kappa shape index (κ2) is 78.2. The normalized spacial score (nSPS) is 14.9. The fourth-order valence-electron chi connectivity index (χ4n) is 10.1. The molecule has 5 unspecified atom stereocenters. The van der Waals surface area contributed by atoms with E-state index in [2.05, 4.69) is 185 Å². The first-order valence-electron chi connectivity index (χ1n) is 40.1. The maximum absolute atomic E-state index is 13.0. The van der Waals surface area contributed by atoms with Gasteiger partial charge in [0, 0.05) is 19.3 Å². The summed E-state index contributed by atoms with van der Waals surface area (Å²) in [5.74, 6) is -1.70. The Morgan fingerprint density at radius 3 is 0.838 bits per heavy atom. The minimum atomic E-state index is -4.96. The van der Waals surface area contributed by atoms with Crippen molar-refractivity contribution in [3.05, 3.63) is 182 Å². The standard InChI is InChI=1S/C87H142O16P2/c1-4-7-10-13-16-19-22-25-28-31-34-36-38-39-40-41-43-45-47-49-52-55-58-61-64-67-70-73-85(90)97-76-82(88)77-99-104(93,94)100-78-83(89)79-101-105(95,96)102-81-84(103-87(92)75-72-69-66-63-60-57-54-51-46-33-30-27-24-21-18-15-12-9-6-3)80-98-86(91)74-71-68-65-62-59-56-53-50-48-44-42-37-35-32-29-26-23-20-17-14-11-8-5-2/h8-9,11-12,16-21,25-30,34-37,39-40,44,46,48,51,57,60,66,69,82-84,88-89H,4-7,10,13-15,22-24,31-33,38,41-43,45,47,49-50,52-56,58-59,61-65,67-68,70-81H2,1-3H3,(H,93,94)(H,95,96)/b11-8-,12-9-,19-16-,20-17-,21-18-,28-25-,29-26-,30-27-,36-34-,37-35-,40-39-,48-44-,51-46-,60-57-,69-66-. The van der Waals surface area contributed by atoms with Gasteiger partial charge in [0.25, 0.3) is 0 Å². The van der Waals surface area contributed by atoms with E-state index in [-0.39, 0.29) is 19.3 Å². The lowest BCUT2D eigenvalue weighted by Crippen LogP contribution is -2.29. The topological polar surface area (TPSA) is 231 Å². The van der Waals surface area contributed by atoms with E-state index in [0.29, 0.717) is 25.7 Å². The lowest BCUT2D eigenvalue weighted by molar-refractivity contribution is -0.161. The van der Waals surface area contributed by atoms with E-state index in [4.69, 9.17) is 32.3 Å². The number of phosphoric ester groups is 2. The molecule has 0 aliphatic carbocycles. The number of allylic oxidation sites excluding steroid dienone is 30. The smallest absolute Gasteiger partial charge is 0.463 e. The van der Waals surface area contributed by atoms with Gasteiger partial charge in [-0.15, -0.1) is 0 Å². The summed E-state index contributed by atoms with van der Waals surface area (Å²) in [5, 5.41) is 20.7. The van der Waals surface area contributed by atoms with E-state index in [1.165, 1.54) is 70.6 Å². The molecular formula is C87H142O16P2. The van der Waals surface area contributed by atoms with Crippen molar-refractivity contribution in [3.8, 4) is 0 Å². The van der Waals surface area contributed by atoms with Crippen LogP contribution in [-0.4, -0.2) is 95.9 Å². The second-order valence-electron chi connectivity index (χ2n) is 26.1. The number of aliphatic hydroxyl groups excluding tert-OH is 2. The molecule has 596 valence electrons. The highest BCUT2D eigenvalue weighted by Gasteiger charge is 2.29. The van der Waals surface area contributed by atoms with E-state index < -0.39 is 91.5 Å². The number of hydrogen-bond donors (Lipinski definition) is 4. The summed E-state index contributed by atoms with van der Waals surface area (Å²) in [6, 6.07) is 0. The predicted molar refractivity (Wildman–Crippen MR) is 435 cm³/mol. The zero-order valence-electron chi connectivity index (χ0n) is 65.1. The largest absolute Gasteiger partial charge is 0.472 e. The van der Waals surface area contributed by atoms with Crippen LogP contribution in [0, 0.1) is 0 Å². The molecule has 0 amide bonds. The molecule has 0 rings (SSSR count). The molecule has 4 N–H and O–H groups in total. The third-order valence-electron chi connectivity index (χ3n) is 16.1. The maximum Gasteiger partial charge on any atom is 0.472 e. The number of esters is 3. The monoisotopic (exact) mass is 1500 g/mol. The summed E-state index contributed by atoms with van der Waals surface area (Å²) in [6.45, 7) is 2.31. The molecule has 0 heterocycles. The average molecular weight is 1510 g/mol. The van der Waals surface area contributed by atoms with Gasteiger partial charge in [-0.25, -0.2) is 9.13 Å². The van der Waals surface area contributed by atoms with Gasteiger partial charge in [0.05, 0.1) is 26.4 Å². The second-order valence-corrected chi connectivity index (χ2v) is 29.0. The number of carbonyl (C=O) groups is 3. The minimum Gasteiger partial charge on any atom is -0.463 e. The SMILES string of the molecule is CC/C=C\C/C=C\C/C=C\C/C=C\C/C=C\C/C=C\CCC(=O)OC(COC(=O)CCCCCCCCC/C=C\C/C=C\C/C=C\C/C=C\C/C=C\CC)COP(=O)(O)OCC(O)COP(=O)(O)OCC(O)COC(=O)CCCCCCCCCCCCC/C=C\C/C=C\C/C=C\C/C=C\CCCCC. The van der Waals surface area contributed by atoms with E-state index in [1.54, 1.807) is 0 Å². The lowest BCUT2D eigenvalue weighted by atomic mass is 10.0. The quantitative estimate of drug-likeness (QED) is 0.0146. The molecule has 0 bridgehead atoms. The number of aliphatic hydroxyl groups is 2. The highest BCUT2D eigenvalue weighted by Crippen LogP contribution is 2.45. The van der Waals surface area contributed by atoms with E-state index in [0.717, 1.165) is 154 Å². The van der Waals surface area contributed by atoms with Crippen molar-refractivity contribution in [2.24, 2.45) is 0 Å². The van der Waals surface area contributed by atoms with Gasteiger partial charge in [-0.05, 0) is 148 Å². The van der Waals surface area contributed by atoms with Crippen LogP contribution in [0.3, 0.4) is 0 Å². The molecule has 105 heavy (non-hydrogen) atoms. The van der Waals surface area contributed by atoms with Crippen LogP contribution in [-0.2, 0) is 55.8 Å². The molecule has 0 aromatic carbocycles. The predicted octanol–water partition coefficient (Wildman–Crippen LogP) is 23.8. The number of phosphoric acid groups is 2. The summed E-state index contributed by atoms with van der Waals surface area (Å²) >= 11 is 0. The van der Waals surface area contributed by atoms with Crippen molar-refractivity contribution in [2.45, 2.75) is 309 Å². The highest BCUT2D eigenvalue weighted by molar-refractivity contribution is 7.47. The molecule has 0 aliphatic heterocycles.